The van der Waals surface area contributed by atoms with Gasteiger partial charge in [-0.25, -0.2) is 8.42 Å². The number of anilines is 2. The number of benzene rings is 2. The Kier molecular flexibility index (Phi) is 5.58. The highest BCUT2D eigenvalue weighted by Gasteiger charge is 2.28. The first-order valence-corrected chi connectivity index (χ1v) is 10.1. The van der Waals surface area contributed by atoms with Crippen LogP contribution in [-0.4, -0.2) is 44.8 Å². The monoisotopic (exact) mass is 373 g/mol. The molecule has 0 saturated carbocycles. The maximum atomic E-state index is 12.8. The van der Waals surface area contributed by atoms with E-state index >= 15 is 0 Å². The number of para-hydroxylation sites is 1. The molecule has 6 nitrogen and oxygen atoms in total. The molecule has 1 aliphatic rings. The second-order valence-electron chi connectivity index (χ2n) is 6.15. The third-order valence-corrected chi connectivity index (χ3v) is 6.37. The van der Waals surface area contributed by atoms with Gasteiger partial charge in [0.15, 0.2) is 0 Å². The minimum Gasteiger partial charge on any atom is -0.369 e. The molecular weight excluding hydrogens is 350 g/mol. The van der Waals surface area contributed by atoms with Gasteiger partial charge in [-0.05, 0) is 36.4 Å². The average Bonchev–Trinajstić information content (AvgIpc) is 2.69. The zero-order chi connectivity index (χ0) is 18.6. The van der Waals surface area contributed by atoms with Crippen molar-refractivity contribution in [2.24, 2.45) is 0 Å². The molecule has 0 unspecified atom stereocenters. The Balaban J connectivity index is 1.66. The maximum Gasteiger partial charge on any atom is 0.243 e. The van der Waals surface area contributed by atoms with Crippen molar-refractivity contribution in [1.82, 2.24) is 4.31 Å². The molecule has 1 heterocycles. The summed E-state index contributed by atoms with van der Waals surface area (Å²) in [6, 6.07) is 16.3. The average molecular weight is 373 g/mol. The van der Waals surface area contributed by atoms with Crippen LogP contribution in [0, 0.1) is 0 Å². The Morgan fingerprint density at radius 2 is 1.58 bits per heavy atom. The van der Waals surface area contributed by atoms with Crippen LogP contribution in [0.4, 0.5) is 11.4 Å². The van der Waals surface area contributed by atoms with Gasteiger partial charge in [0.1, 0.15) is 0 Å². The summed E-state index contributed by atoms with van der Waals surface area (Å²) in [5.41, 5.74) is 1.71. The van der Waals surface area contributed by atoms with Crippen molar-refractivity contribution in [3.63, 3.8) is 0 Å². The predicted octanol–water partition coefficient (Wildman–Crippen LogP) is 2.55. The molecule has 2 aromatic rings. The molecule has 0 aromatic heterocycles. The lowest BCUT2D eigenvalue weighted by atomic mass is 10.2. The predicted molar refractivity (Wildman–Crippen MR) is 103 cm³/mol. The lowest BCUT2D eigenvalue weighted by molar-refractivity contribution is -0.115. The van der Waals surface area contributed by atoms with Gasteiger partial charge in [-0.2, -0.15) is 4.31 Å². The molecule has 0 spiro atoms. The van der Waals surface area contributed by atoms with E-state index in [1.165, 1.54) is 4.31 Å². The topological polar surface area (TPSA) is 69.7 Å². The lowest BCUT2D eigenvalue weighted by Crippen LogP contribution is -2.48. The minimum atomic E-state index is -3.52. The fraction of sp³-hybridized carbons (Fsp3) is 0.316. The first kappa shape index (κ1) is 18.4. The van der Waals surface area contributed by atoms with E-state index in [0.29, 0.717) is 38.3 Å². The second kappa shape index (κ2) is 7.88. The minimum absolute atomic E-state index is 0.0994. The zero-order valence-electron chi connectivity index (χ0n) is 14.8. The van der Waals surface area contributed by atoms with Crippen LogP contribution in [0.25, 0.3) is 0 Å². The van der Waals surface area contributed by atoms with Gasteiger partial charge in [-0.3, -0.25) is 4.79 Å². The van der Waals surface area contributed by atoms with Crippen LogP contribution < -0.4 is 10.2 Å². The summed E-state index contributed by atoms with van der Waals surface area (Å²) >= 11 is 0. The van der Waals surface area contributed by atoms with Crippen molar-refractivity contribution in [3.8, 4) is 0 Å². The molecule has 1 fully saturated rings. The van der Waals surface area contributed by atoms with E-state index in [2.05, 4.69) is 10.2 Å². The Bertz CT molecular complexity index is 843. The van der Waals surface area contributed by atoms with E-state index in [1.54, 1.807) is 31.2 Å². The molecule has 0 bridgehead atoms. The smallest absolute Gasteiger partial charge is 0.243 e. The van der Waals surface area contributed by atoms with Crippen molar-refractivity contribution in [2.75, 3.05) is 36.4 Å². The number of piperazine rings is 1. The molecule has 138 valence electrons. The van der Waals surface area contributed by atoms with Gasteiger partial charge in [0.25, 0.3) is 0 Å². The van der Waals surface area contributed by atoms with Crippen molar-refractivity contribution in [1.29, 1.82) is 0 Å². The van der Waals surface area contributed by atoms with Crippen LogP contribution in [0.2, 0.25) is 0 Å². The van der Waals surface area contributed by atoms with Crippen LogP contribution in [0.5, 0.6) is 0 Å². The van der Waals surface area contributed by atoms with Gasteiger partial charge in [0.2, 0.25) is 15.9 Å². The van der Waals surface area contributed by atoms with Gasteiger partial charge in [-0.1, -0.05) is 25.1 Å². The Morgan fingerprint density at radius 3 is 2.15 bits per heavy atom. The summed E-state index contributed by atoms with van der Waals surface area (Å²) in [6.07, 6.45) is 0.381. The Morgan fingerprint density at radius 1 is 0.962 bits per heavy atom. The molecule has 7 heteroatoms. The van der Waals surface area contributed by atoms with E-state index in [9.17, 15) is 13.2 Å². The number of rotatable bonds is 5. The summed E-state index contributed by atoms with van der Waals surface area (Å²) in [5, 5.41) is 2.72. The third kappa shape index (κ3) is 4.05. The van der Waals surface area contributed by atoms with Crippen molar-refractivity contribution < 1.29 is 13.2 Å². The van der Waals surface area contributed by atoms with Crippen LogP contribution in [-0.2, 0) is 14.8 Å². The van der Waals surface area contributed by atoms with Crippen LogP contribution in [0.3, 0.4) is 0 Å². The Hall–Kier alpha value is -2.38. The summed E-state index contributed by atoms with van der Waals surface area (Å²) < 4.78 is 27.2. The molecular formula is C19H23N3O3S. The van der Waals surface area contributed by atoms with Gasteiger partial charge in [0.05, 0.1) is 4.90 Å². The molecule has 0 radical (unpaired) electrons. The molecule has 2 aromatic carbocycles. The molecule has 1 amide bonds. The lowest BCUT2D eigenvalue weighted by Gasteiger charge is -2.35. The third-order valence-electron chi connectivity index (χ3n) is 4.46. The van der Waals surface area contributed by atoms with Gasteiger partial charge >= 0.3 is 0 Å². The van der Waals surface area contributed by atoms with Crippen molar-refractivity contribution >= 4 is 27.3 Å². The molecule has 1 saturated heterocycles. The fourth-order valence-electron chi connectivity index (χ4n) is 2.93. The highest BCUT2D eigenvalue weighted by Crippen LogP contribution is 2.22. The van der Waals surface area contributed by atoms with Crippen LogP contribution in [0.15, 0.2) is 59.5 Å². The molecule has 0 aliphatic carbocycles. The summed E-state index contributed by atoms with van der Waals surface area (Å²) in [6.45, 7) is 3.99. The number of amides is 1. The standard InChI is InChI=1S/C19H23N3O3S/c1-2-19(23)20-16-8-10-18(11-9-16)26(24,25)22-14-12-21(13-15-22)17-6-4-3-5-7-17/h3-11H,2,12-15H2,1H3,(H,20,23). The van der Waals surface area contributed by atoms with Crippen LogP contribution >= 0.6 is 0 Å². The van der Waals surface area contributed by atoms with Crippen molar-refractivity contribution in [2.45, 2.75) is 18.2 Å². The summed E-state index contributed by atoms with van der Waals surface area (Å²) in [7, 11) is -3.52. The molecule has 3 rings (SSSR count). The highest BCUT2D eigenvalue weighted by atomic mass is 32.2. The number of sulfonamides is 1. The number of nitrogens with one attached hydrogen (secondary N) is 1. The highest BCUT2D eigenvalue weighted by molar-refractivity contribution is 7.89. The van der Waals surface area contributed by atoms with E-state index in [4.69, 9.17) is 0 Å². The van der Waals surface area contributed by atoms with Gasteiger partial charge < -0.3 is 10.2 Å². The first-order valence-electron chi connectivity index (χ1n) is 8.71. The molecule has 1 aliphatic heterocycles. The zero-order valence-corrected chi connectivity index (χ0v) is 15.6. The van der Waals surface area contributed by atoms with E-state index < -0.39 is 10.0 Å². The number of hydrogen-bond acceptors (Lipinski definition) is 4. The summed E-state index contributed by atoms with van der Waals surface area (Å²) in [4.78, 5) is 13.9. The number of carbonyl (C=O) groups excluding carboxylic acids is 1. The van der Waals surface area contributed by atoms with E-state index in [-0.39, 0.29) is 10.8 Å². The fourth-order valence-corrected chi connectivity index (χ4v) is 4.36. The Labute approximate surface area is 154 Å². The quantitative estimate of drug-likeness (QED) is 0.874. The van der Waals surface area contributed by atoms with Gasteiger partial charge in [0, 0.05) is 44.0 Å². The maximum absolute atomic E-state index is 12.8. The summed E-state index contributed by atoms with van der Waals surface area (Å²) in [5.74, 6) is -0.0994. The van der Waals surface area contributed by atoms with Gasteiger partial charge in [-0.15, -0.1) is 0 Å². The number of carbonyl (C=O) groups is 1. The first-order chi connectivity index (χ1) is 12.5. The van der Waals surface area contributed by atoms with Crippen LogP contribution in [0.1, 0.15) is 13.3 Å². The molecule has 1 N–H and O–H groups in total. The number of hydrogen-bond donors (Lipinski definition) is 1. The molecule has 26 heavy (non-hydrogen) atoms. The largest absolute Gasteiger partial charge is 0.369 e. The number of nitrogens with zero attached hydrogens (tertiary/aromatic N) is 2. The van der Waals surface area contributed by atoms with E-state index in [1.807, 2.05) is 30.3 Å². The van der Waals surface area contributed by atoms with E-state index in [0.717, 1.165) is 5.69 Å². The molecule has 0 atom stereocenters. The van der Waals surface area contributed by atoms with Crippen molar-refractivity contribution in [3.05, 3.63) is 54.6 Å². The SMILES string of the molecule is CCC(=O)Nc1ccc(S(=O)(=O)N2CCN(c3ccccc3)CC2)cc1. The second-order valence-corrected chi connectivity index (χ2v) is 8.09. The normalized spacial score (nSPS) is 15.7.